The summed E-state index contributed by atoms with van der Waals surface area (Å²) in [5.74, 6) is -0.866. The van der Waals surface area contributed by atoms with Crippen LogP contribution in [0.1, 0.15) is 72.0 Å². The van der Waals surface area contributed by atoms with Crippen molar-refractivity contribution in [1.29, 1.82) is 5.26 Å². The summed E-state index contributed by atoms with van der Waals surface area (Å²) >= 11 is 0. The zero-order valence-electron chi connectivity index (χ0n) is 27.5. The number of aromatic nitrogens is 1. The molecule has 2 atom stereocenters. The van der Waals surface area contributed by atoms with Gasteiger partial charge < -0.3 is 24.8 Å². The fourth-order valence-corrected chi connectivity index (χ4v) is 6.28. The minimum atomic E-state index is -4.71. The first-order valence-corrected chi connectivity index (χ1v) is 16.3. The summed E-state index contributed by atoms with van der Waals surface area (Å²) in [5.41, 5.74) is -0.586. The predicted molar refractivity (Wildman–Crippen MR) is 173 cm³/mol. The van der Waals surface area contributed by atoms with Gasteiger partial charge in [-0.25, -0.2) is 9.78 Å². The minimum Gasteiger partial charge on any atom is -0.481 e. The number of benzene rings is 2. The first-order valence-electron chi connectivity index (χ1n) is 16.3. The van der Waals surface area contributed by atoms with Crippen LogP contribution < -0.4 is 15.1 Å². The van der Waals surface area contributed by atoms with E-state index >= 15 is 0 Å². The van der Waals surface area contributed by atoms with Crippen molar-refractivity contribution in [2.75, 3.05) is 48.0 Å². The van der Waals surface area contributed by atoms with E-state index in [0.717, 1.165) is 24.3 Å². The lowest BCUT2D eigenvalue weighted by Crippen LogP contribution is -2.46. The molecule has 0 aliphatic carbocycles. The van der Waals surface area contributed by atoms with Gasteiger partial charge in [0.15, 0.2) is 0 Å². The zero-order chi connectivity index (χ0) is 36.9. The maximum absolute atomic E-state index is 14.0. The second-order valence-electron chi connectivity index (χ2n) is 12.3. The highest BCUT2D eigenvalue weighted by Gasteiger charge is 2.40. The average Bonchev–Trinajstić information content (AvgIpc) is 3.09. The molecule has 1 saturated heterocycles. The summed E-state index contributed by atoms with van der Waals surface area (Å²) < 4.78 is 94.0. The lowest BCUT2D eigenvalue weighted by molar-refractivity contribution is -0.138. The summed E-state index contributed by atoms with van der Waals surface area (Å²) in [7, 11) is 0. The Morgan fingerprint density at radius 2 is 1.78 bits per heavy atom. The van der Waals surface area contributed by atoms with Crippen LogP contribution in [0, 0.1) is 11.3 Å². The number of pyridine rings is 1. The van der Waals surface area contributed by atoms with Gasteiger partial charge in [0.1, 0.15) is 5.82 Å². The molecule has 0 radical (unpaired) electrons. The number of amides is 1. The van der Waals surface area contributed by atoms with Gasteiger partial charge in [-0.1, -0.05) is 6.92 Å². The first kappa shape index (κ1) is 37.2. The molecular formula is C35H35F6N5O5. The molecule has 1 fully saturated rings. The molecule has 16 heteroatoms. The quantitative estimate of drug-likeness (QED) is 0.161. The van der Waals surface area contributed by atoms with Crippen molar-refractivity contribution in [2.24, 2.45) is 0 Å². The molecule has 5 rings (SSSR count). The molecular weight excluding hydrogens is 684 g/mol. The largest absolute Gasteiger partial charge is 0.481 e. The number of anilines is 3. The maximum Gasteiger partial charge on any atom is 0.416 e. The Hall–Kier alpha value is -5.04. The fraction of sp³-hybridized carbons (Fsp3) is 0.429. The topological polar surface area (TPSA) is 128 Å². The first-order chi connectivity index (χ1) is 24.2. The number of morpholine rings is 1. The smallest absolute Gasteiger partial charge is 0.416 e. The molecule has 2 aliphatic heterocycles. The highest BCUT2D eigenvalue weighted by Crippen LogP contribution is 2.44. The molecule has 1 amide bonds. The molecule has 0 unspecified atom stereocenters. The van der Waals surface area contributed by atoms with E-state index in [0.29, 0.717) is 44.0 Å². The van der Waals surface area contributed by atoms with Crippen LogP contribution >= 0.6 is 0 Å². The summed E-state index contributed by atoms with van der Waals surface area (Å²) in [6.07, 6.45) is -8.49. The monoisotopic (exact) mass is 719 g/mol. The summed E-state index contributed by atoms with van der Waals surface area (Å²) in [6.45, 7) is 3.56. The third-order valence-electron chi connectivity index (χ3n) is 8.77. The van der Waals surface area contributed by atoms with Gasteiger partial charge in [0, 0.05) is 37.5 Å². The van der Waals surface area contributed by atoms with E-state index in [2.05, 4.69) is 10.3 Å². The lowest BCUT2D eigenvalue weighted by atomic mass is 9.88. The molecule has 3 heterocycles. The highest BCUT2D eigenvalue weighted by molar-refractivity contribution is 5.90. The van der Waals surface area contributed by atoms with Crippen LogP contribution in [-0.4, -0.2) is 61.1 Å². The Bertz CT molecular complexity index is 1790. The molecule has 2 aromatic carbocycles. The van der Waals surface area contributed by atoms with Crippen LogP contribution in [0.2, 0.25) is 0 Å². The van der Waals surface area contributed by atoms with Gasteiger partial charge in [-0.15, -0.1) is 0 Å². The zero-order valence-corrected chi connectivity index (χ0v) is 27.5. The Labute approximate surface area is 289 Å². The normalized spacial score (nSPS) is 17.8. The van der Waals surface area contributed by atoms with Crippen LogP contribution in [0.15, 0.2) is 48.7 Å². The van der Waals surface area contributed by atoms with Gasteiger partial charge in [-0.3, -0.25) is 9.69 Å². The van der Waals surface area contributed by atoms with Crippen LogP contribution in [0.5, 0.6) is 0 Å². The summed E-state index contributed by atoms with van der Waals surface area (Å²) in [4.78, 5) is 32.1. The Kier molecular flexibility index (Phi) is 11.3. The molecule has 10 nitrogen and oxygen atoms in total. The van der Waals surface area contributed by atoms with Gasteiger partial charge in [0.25, 0.3) is 0 Å². The SMILES string of the molecule is CC[C@@H]1C[C@H](Nc2ncc(N3CCOCC3)cc2Cc2cc(C#N)cc(C(F)(F)F)c2)c2cc(C(F)(F)F)ccc2N1C(=O)OCCCC(=O)O. The van der Waals surface area contributed by atoms with E-state index in [1.54, 1.807) is 25.3 Å². The van der Waals surface area contributed by atoms with Crippen LogP contribution in [0.3, 0.4) is 0 Å². The van der Waals surface area contributed by atoms with Crippen molar-refractivity contribution < 1.29 is 50.5 Å². The van der Waals surface area contributed by atoms with Crippen LogP contribution in [0.4, 0.5) is 48.3 Å². The minimum absolute atomic E-state index is 0.0480. The molecule has 3 aromatic rings. The van der Waals surface area contributed by atoms with Crippen molar-refractivity contribution in [2.45, 2.75) is 63.5 Å². The summed E-state index contributed by atoms with van der Waals surface area (Å²) in [5, 5.41) is 21.6. The van der Waals surface area contributed by atoms with Crippen molar-refractivity contribution >= 4 is 29.3 Å². The lowest BCUT2D eigenvalue weighted by Gasteiger charge is -2.40. The third kappa shape index (κ3) is 9.01. The van der Waals surface area contributed by atoms with Gasteiger partial charge in [0.2, 0.25) is 0 Å². The number of nitrogens with zero attached hydrogens (tertiary/aromatic N) is 4. The number of nitriles is 1. The Balaban J connectivity index is 1.55. The number of alkyl halides is 6. The van der Waals surface area contributed by atoms with Gasteiger partial charge >= 0.3 is 24.4 Å². The van der Waals surface area contributed by atoms with E-state index < -0.39 is 47.6 Å². The second-order valence-corrected chi connectivity index (χ2v) is 12.3. The maximum atomic E-state index is 14.0. The fourth-order valence-electron chi connectivity index (χ4n) is 6.28. The van der Waals surface area contributed by atoms with Crippen molar-refractivity contribution in [3.8, 4) is 6.07 Å². The Morgan fingerprint density at radius 3 is 2.43 bits per heavy atom. The van der Waals surface area contributed by atoms with Crippen LogP contribution in [0.25, 0.3) is 0 Å². The number of carboxylic acids is 1. The average molecular weight is 720 g/mol. The second kappa shape index (κ2) is 15.5. The standard InChI is InChI=1S/C35H35F6N5O5/c1-2-26-18-29(28-17-24(34(36,37)38)5-6-30(28)46(26)33(49)51-9-3-4-31(47)48)44-32-23(16-27(20-43-32)45-7-10-50-11-8-45)13-21-12-22(19-42)15-25(14-21)35(39,40)41/h5-6,12,14-17,20,26,29H,2-4,7-11,13,18H2,1H3,(H,43,44)(H,47,48)/t26-,29+/m1/s1. The number of aliphatic carboxylic acids is 1. The number of carbonyl (C=O) groups is 2. The number of halogens is 6. The van der Waals surface area contributed by atoms with E-state index in [4.69, 9.17) is 14.6 Å². The molecule has 0 spiro atoms. The number of carboxylic acid groups (broad SMARTS) is 1. The molecule has 0 saturated carbocycles. The van der Waals surface area contributed by atoms with Gasteiger partial charge in [0.05, 0.1) is 66.2 Å². The molecule has 2 N–H and O–H groups in total. The number of carbonyl (C=O) groups excluding carboxylic acids is 1. The highest BCUT2D eigenvalue weighted by atomic mass is 19.4. The van der Waals surface area contributed by atoms with Crippen molar-refractivity contribution in [3.63, 3.8) is 0 Å². The predicted octanol–water partition coefficient (Wildman–Crippen LogP) is 7.56. The number of ether oxygens (including phenoxy) is 2. The molecule has 0 bridgehead atoms. The van der Waals surface area contributed by atoms with Crippen molar-refractivity contribution in [1.82, 2.24) is 4.98 Å². The van der Waals surface area contributed by atoms with Gasteiger partial charge in [-0.2, -0.15) is 31.6 Å². The van der Waals surface area contributed by atoms with E-state index in [-0.39, 0.29) is 60.5 Å². The number of fused-ring (bicyclic) bond motifs is 1. The number of hydrogen-bond acceptors (Lipinski definition) is 8. The molecule has 2 aliphatic rings. The van der Waals surface area contributed by atoms with E-state index in [9.17, 15) is 41.2 Å². The van der Waals surface area contributed by atoms with Crippen LogP contribution in [-0.2, 0) is 33.0 Å². The number of hydrogen-bond donors (Lipinski definition) is 2. The number of rotatable bonds is 10. The third-order valence-corrected chi connectivity index (χ3v) is 8.77. The number of nitrogens with one attached hydrogen (secondary N) is 1. The molecule has 272 valence electrons. The molecule has 51 heavy (non-hydrogen) atoms. The van der Waals surface area contributed by atoms with Gasteiger partial charge in [-0.05, 0) is 72.9 Å². The summed E-state index contributed by atoms with van der Waals surface area (Å²) in [6, 6.07) is 8.18. The molecule has 1 aromatic heterocycles. The van der Waals surface area contributed by atoms with E-state index in [1.807, 2.05) is 4.90 Å². The van der Waals surface area contributed by atoms with E-state index in [1.165, 1.54) is 17.0 Å². The Morgan fingerprint density at radius 1 is 1.06 bits per heavy atom. The van der Waals surface area contributed by atoms with Crippen molar-refractivity contribution in [3.05, 3.63) is 82.0 Å².